The van der Waals surface area contributed by atoms with E-state index in [2.05, 4.69) is 29.6 Å². The molecule has 2 N–H and O–H groups in total. The number of hydrogen-bond donors (Lipinski definition) is 2. The van der Waals surface area contributed by atoms with Crippen molar-refractivity contribution in [1.29, 1.82) is 0 Å². The zero-order chi connectivity index (χ0) is 20.7. The molecule has 2 aromatic carbocycles. The molecule has 0 heterocycles. The first-order valence-corrected chi connectivity index (χ1v) is 11.0. The molecule has 4 unspecified atom stereocenters. The molecule has 2 fully saturated rings. The standard InChI is InChI=1S/C25H27NO4/c27-24(28)22-19-12-2-1-3-13-20(19)23(22)26-25(29)30-14-21-17-10-6-4-8-15(17)16-9-5-7-11-18(16)21/h4-11,19-23H,1-3,12-14H2,(H,26,29)(H,27,28). The highest BCUT2D eigenvalue weighted by Gasteiger charge is 2.54. The van der Waals surface area contributed by atoms with Crippen LogP contribution in [0.5, 0.6) is 0 Å². The average Bonchev–Trinajstić information content (AvgIpc) is 2.91. The lowest BCUT2D eigenvalue weighted by Crippen LogP contribution is -2.62. The van der Waals surface area contributed by atoms with E-state index in [1.807, 2.05) is 24.3 Å². The highest BCUT2D eigenvalue weighted by molar-refractivity contribution is 5.79. The number of aliphatic carboxylic acids is 1. The van der Waals surface area contributed by atoms with Crippen LogP contribution in [0.1, 0.15) is 49.1 Å². The van der Waals surface area contributed by atoms with Crippen LogP contribution >= 0.6 is 0 Å². The largest absolute Gasteiger partial charge is 0.481 e. The lowest BCUT2D eigenvalue weighted by atomic mass is 9.58. The smallest absolute Gasteiger partial charge is 0.407 e. The van der Waals surface area contributed by atoms with Crippen molar-refractivity contribution in [3.05, 3.63) is 59.7 Å². The van der Waals surface area contributed by atoms with E-state index in [9.17, 15) is 14.7 Å². The molecule has 0 saturated heterocycles. The number of carbonyl (C=O) groups is 2. The minimum Gasteiger partial charge on any atom is -0.481 e. The summed E-state index contributed by atoms with van der Waals surface area (Å²) in [7, 11) is 0. The number of hydrogen-bond acceptors (Lipinski definition) is 3. The summed E-state index contributed by atoms with van der Waals surface area (Å²) in [6, 6.07) is 16.1. The van der Waals surface area contributed by atoms with Gasteiger partial charge in [-0.3, -0.25) is 4.79 Å². The molecule has 5 nitrogen and oxygen atoms in total. The number of carboxylic acids is 1. The van der Waals surface area contributed by atoms with Gasteiger partial charge in [-0.05, 0) is 46.9 Å². The maximum Gasteiger partial charge on any atom is 0.407 e. The fourth-order valence-electron chi connectivity index (χ4n) is 5.95. The van der Waals surface area contributed by atoms with Gasteiger partial charge in [-0.25, -0.2) is 4.79 Å². The molecule has 156 valence electrons. The number of fused-ring (bicyclic) bond motifs is 4. The second-order valence-corrected chi connectivity index (χ2v) is 8.83. The lowest BCUT2D eigenvalue weighted by molar-refractivity contribution is -0.154. The molecule has 2 saturated carbocycles. The Balaban J connectivity index is 1.27. The molecule has 5 heteroatoms. The van der Waals surface area contributed by atoms with Crippen LogP contribution in [0.2, 0.25) is 0 Å². The SMILES string of the molecule is O=C(NC1C2CCCCCC2C1C(=O)O)OCC1c2ccccc2-c2ccccc21. The summed E-state index contributed by atoms with van der Waals surface area (Å²) in [6.45, 7) is 0.248. The van der Waals surface area contributed by atoms with E-state index in [4.69, 9.17) is 4.74 Å². The third kappa shape index (κ3) is 3.17. The minimum absolute atomic E-state index is 0.00504. The van der Waals surface area contributed by atoms with E-state index in [1.54, 1.807) is 0 Å². The van der Waals surface area contributed by atoms with Crippen LogP contribution in [0.4, 0.5) is 4.79 Å². The Morgan fingerprint density at radius 1 is 0.900 bits per heavy atom. The first-order valence-electron chi connectivity index (χ1n) is 11.0. The normalized spacial score (nSPS) is 27.1. The summed E-state index contributed by atoms with van der Waals surface area (Å²) in [6.07, 6.45) is 4.78. The molecular formula is C25H27NO4. The second-order valence-electron chi connectivity index (χ2n) is 8.83. The Kier molecular flexibility index (Phi) is 4.97. The van der Waals surface area contributed by atoms with Crippen molar-refractivity contribution in [2.24, 2.45) is 17.8 Å². The van der Waals surface area contributed by atoms with Crippen molar-refractivity contribution in [1.82, 2.24) is 5.32 Å². The van der Waals surface area contributed by atoms with Gasteiger partial charge in [-0.15, -0.1) is 0 Å². The van der Waals surface area contributed by atoms with Crippen LogP contribution in [0, 0.1) is 17.8 Å². The second kappa shape index (κ2) is 7.78. The van der Waals surface area contributed by atoms with Gasteiger partial charge < -0.3 is 15.2 Å². The van der Waals surface area contributed by atoms with Gasteiger partial charge in [0.1, 0.15) is 6.61 Å². The van der Waals surface area contributed by atoms with Gasteiger partial charge in [-0.1, -0.05) is 67.8 Å². The van der Waals surface area contributed by atoms with Crippen molar-refractivity contribution in [3.8, 4) is 11.1 Å². The van der Waals surface area contributed by atoms with Crippen LogP contribution in [-0.2, 0) is 9.53 Å². The number of carboxylic acid groups (broad SMARTS) is 1. The Hall–Kier alpha value is -2.82. The molecule has 3 aliphatic rings. The summed E-state index contributed by atoms with van der Waals surface area (Å²) >= 11 is 0. The molecule has 4 atom stereocenters. The summed E-state index contributed by atoms with van der Waals surface area (Å²) in [5.41, 5.74) is 4.71. The molecule has 30 heavy (non-hydrogen) atoms. The number of alkyl carbamates (subject to hydrolysis) is 1. The fraction of sp³-hybridized carbons (Fsp3) is 0.440. The monoisotopic (exact) mass is 405 g/mol. The Bertz CT molecular complexity index is 926. The van der Waals surface area contributed by atoms with E-state index >= 15 is 0 Å². The first-order chi connectivity index (χ1) is 14.6. The number of nitrogens with one attached hydrogen (secondary N) is 1. The molecule has 3 aliphatic carbocycles. The van der Waals surface area contributed by atoms with Crippen LogP contribution in [-0.4, -0.2) is 29.8 Å². The molecule has 0 radical (unpaired) electrons. The van der Waals surface area contributed by atoms with Crippen molar-refractivity contribution < 1.29 is 19.4 Å². The number of benzene rings is 2. The van der Waals surface area contributed by atoms with Crippen LogP contribution in [0.25, 0.3) is 11.1 Å². The van der Waals surface area contributed by atoms with Crippen molar-refractivity contribution in [2.75, 3.05) is 6.61 Å². The minimum atomic E-state index is -0.804. The van der Waals surface area contributed by atoms with Gasteiger partial charge in [0.15, 0.2) is 0 Å². The fourth-order valence-corrected chi connectivity index (χ4v) is 5.95. The zero-order valence-corrected chi connectivity index (χ0v) is 16.9. The van der Waals surface area contributed by atoms with Gasteiger partial charge in [-0.2, -0.15) is 0 Å². The average molecular weight is 405 g/mol. The highest BCUT2D eigenvalue weighted by Crippen LogP contribution is 2.49. The van der Waals surface area contributed by atoms with Gasteiger partial charge in [0.2, 0.25) is 0 Å². The van der Waals surface area contributed by atoms with Crippen LogP contribution < -0.4 is 5.32 Å². The molecule has 0 aliphatic heterocycles. The van der Waals surface area contributed by atoms with Crippen molar-refractivity contribution in [3.63, 3.8) is 0 Å². The maximum absolute atomic E-state index is 12.6. The predicted molar refractivity (Wildman–Crippen MR) is 113 cm³/mol. The molecule has 0 aromatic heterocycles. The van der Waals surface area contributed by atoms with E-state index in [1.165, 1.54) is 22.3 Å². The number of carbonyl (C=O) groups excluding carboxylic acids is 1. The molecule has 0 spiro atoms. The summed E-state index contributed by atoms with van der Waals surface area (Å²) in [4.78, 5) is 24.4. The van der Waals surface area contributed by atoms with E-state index in [0.717, 1.165) is 32.1 Å². The van der Waals surface area contributed by atoms with Gasteiger partial charge in [0.05, 0.1) is 5.92 Å². The number of ether oxygens (including phenoxy) is 1. The predicted octanol–water partition coefficient (Wildman–Crippen LogP) is 4.80. The van der Waals surface area contributed by atoms with Crippen LogP contribution in [0.3, 0.4) is 0 Å². The van der Waals surface area contributed by atoms with Gasteiger partial charge >= 0.3 is 12.1 Å². The molecule has 2 aromatic rings. The molecular weight excluding hydrogens is 378 g/mol. The van der Waals surface area contributed by atoms with E-state index < -0.39 is 18.0 Å². The van der Waals surface area contributed by atoms with E-state index in [0.29, 0.717) is 0 Å². The summed E-state index contributed by atoms with van der Waals surface area (Å²) in [5.74, 6) is -0.848. The zero-order valence-electron chi connectivity index (χ0n) is 16.9. The quantitative estimate of drug-likeness (QED) is 0.766. The Labute approximate surface area is 176 Å². The highest BCUT2D eigenvalue weighted by atomic mass is 16.5. The Morgan fingerprint density at radius 3 is 2.13 bits per heavy atom. The molecule has 0 bridgehead atoms. The van der Waals surface area contributed by atoms with Crippen molar-refractivity contribution >= 4 is 12.1 Å². The Morgan fingerprint density at radius 2 is 1.50 bits per heavy atom. The molecule has 5 rings (SSSR count). The number of amides is 1. The topological polar surface area (TPSA) is 75.6 Å². The van der Waals surface area contributed by atoms with Crippen molar-refractivity contribution in [2.45, 2.75) is 44.1 Å². The van der Waals surface area contributed by atoms with Crippen LogP contribution in [0.15, 0.2) is 48.5 Å². The summed E-state index contributed by atoms with van der Waals surface area (Å²) in [5, 5.41) is 12.6. The van der Waals surface area contributed by atoms with Gasteiger partial charge in [0, 0.05) is 12.0 Å². The molecule has 1 amide bonds. The third-order valence-corrected chi connectivity index (χ3v) is 7.35. The third-order valence-electron chi connectivity index (χ3n) is 7.35. The maximum atomic E-state index is 12.6. The first kappa shape index (κ1) is 19.2. The van der Waals surface area contributed by atoms with E-state index in [-0.39, 0.29) is 30.4 Å². The van der Waals surface area contributed by atoms with Gasteiger partial charge in [0.25, 0.3) is 0 Å². The lowest BCUT2D eigenvalue weighted by Gasteiger charge is -2.49. The number of rotatable bonds is 4. The summed E-state index contributed by atoms with van der Waals surface area (Å²) < 4.78 is 5.64.